The fraction of sp³-hybridized carbons (Fsp3) is 0.292. The normalized spacial score (nSPS) is 18.2. The molecule has 6 nitrogen and oxygen atoms in total. The van der Waals surface area contributed by atoms with Crippen molar-refractivity contribution in [1.29, 1.82) is 0 Å². The molecule has 172 valence electrons. The minimum Gasteiger partial charge on any atom is -0.393 e. The lowest BCUT2D eigenvalue weighted by molar-refractivity contribution is 0.0946. The van der Waals surface area contributed by atoms with Crippen LogP contribution in [0.5, 0.6) is 0 Å². The maximum atomic E-state index is 14.8. The van der Waals surface area contributed by atoms with Gasteiger partial charge in [-0.05, 0) is 55.2 Å². The fourth-order valence-electron chi connectivity index (χ4n) is 4.09. The Bertz CT molecular complexity index is 1170. The Morgan fingerprint density at radius 1 is 1.21 bits per heavy atom. The SMILES string of the molecule is Nc1ncc([C@@H]2CCC[C@H](O)C2)nc1-c1ccc(C(=O)NCc2cc(F)cc(Br)c2)c(F)c1. The third-order valence-electron chi connectivity index (χ3n) is 5.75. The number of halogens is 3. The lowest BCUT2D eigenvalue weighted by Gasteiger charge is -2.25. The lowest BCUT2D eigenvalue weighted by atomic mass is 9.85. The first-order valence-electron chi connectivity index (χ1n) is 10.6. The van der Waals surface area contributed by atoms with Crippen LogP contribution in [0.2, 0.25) is 0 Å². The van der Waals surface area contributed by atoms with E-state index in [1.807, 2.05) is 0 Å². The van der Waals surface area contributed by atoms with Gasteiger partial charge in [0.25, 0.3) is 5.91 Å². The number of nitrogens with two attached hydrogens (primary N) is 1. The van der Waals surface area contributed by atoms with E-state index >= 15 is 0 Å². The van der Waals surface area contributed by atoms with Gasteiger partial charge in [-0.25, -0.2) is 18.7 Å². The molecule has 1 fully saturated rings. The van der Waals surface area contributed by atoms with E-state index in [0.717, 1.165) is 19.3 Å². The number of carbonyl (C=O) groups excluding carboxylic acids is 1. The summed E-state index contributed by atoms with van der Waals surface area (Å²) in [6.07, 6.45) is 4.41. The number of hydrogen-bond donors (Lipinski definition) is 3. The van der Waals surface area contributed by atoms with Crippen LogP contribution in [0.4, 0.5) is 14.6 Å². The van der Waals surface area contributed by atoms with Crippen molar-refractivity contribution in [2.45, 2.75) is 44.2 Å². The van der Waals surface area contributed by atoms with E-state index in [0.29, 0.717) is 33.4 Å². The molecule has 2 atom stereocenters. The number of benzene rings is 2. The molecule has 1 heterocycles. The molecule has 1 aromatic heterocycles. The molecule has 0 aliphatic heterocycles. The van der Waals surface area contributed by atoms with Gasteiger partial charge >= 0.3 is 0 Å². The molecule has 0 spiro atoms. The number of nitrogen functional groups attached to an aromatic ring is 1. The van der Waals surface area contributed by atoms with E-state index < -0.39 is 17.5 Å². The third kappa shape index (κ3) is 5.54. The van der Waals surface area contributed by atoms with E-state index in [4.69, 9.17) is 5.73 Å². The highest BCUT2D eigenvalue weighted by Crippen LogP contribution is 2.34. The number of nitrogens with one attached hydrogen (secondary N) is 1. The number of aliphatic hydroxyl groups is 1. The molecule has 4 rings (SSSR count). The van der Waals surface area contributed by atoms with Crippen molar-refractivity contribution in [1.82, 2.24) is 15.3 Å². The summed E-state index contributed by atoms with van der Waals surface area (Å²) in [6, 6.07) is 8.40. The molecule has 33 heavy (non-hydrogen) atoms. The number of rotatable bonds is 5. The Morgan fingerprint density at radius 2 is 2.03 bits per heavy atom. The van der Waals surface area contributed by atoms with Gasteiger partial charge in [-0.3, -0.25) is 4.79 Å². The summed E-state index contributed by atoms with van der Waals surface area (Å²) in [4.78, 5) is 21.3. The largest absolute Gasteiger partial charge is 0.393 e. The summed E-state index contributed by atoms with van der Waals surface area (Å²) < 4.78 is 28.9. The number of amides is 1. The zero-order chi connectivity index (χ0) is 23.5. The van der Waals surface area contributed by atoms with Crippen molar-refractivity contribution in [3.8, 4) is 11.3 Å². The fourth-order valence-corrected chi connectivity index (χ4v) is 4.60. The van der Waals surface area contributed by atoms with Gasteiger partial charge < -0.3 is 16.2 Å². The van der Waals surface area contributed by atoms with Gasteiger partial charge in [0.1, 0.15) is 23.1 Å². The summed E-state index contributed by atoms with van der Waals surface area (Å²) in [5.74, 6) is -1.57. The highest BCUT2D eigenvalue weighted by atomic mass is 79.9. The van der Waals surface area contributed by atoms with Crippen LogP contribution < -0.4 is 11.1 Å². The first-order valence-corrected chi connectivity index (χ1v) is 11.4. The summed E-state index contributed by atoms with van der Waals surface area (Å²) in [5.41, 5.74) is 7.85. The molecule has 0 unspecified atom stereocenters. The monoisotopic (exact) mass is 516 g/mol. The number of anilines is 1. The number of nitrogens with zero attached hydrogens (tertiary/aromatic N) is 2. The molecule has 2 aromatic carbocycles. The van der Waals surface area contributed by atoms with Crippen LogP contribution in [-0.4, -0.2) is 27.1 Å². The van der Waals surface area contributed by atoms with E-state index in [9.17, 15) is 18.7 Å². The molecule has 4 N–H and O–H groups in total. The second-order valence-corrected chi connectivity index (χ2v) is 9.12. The molecular weight excluding hydrogens is 494 g/mol. The average molecular weight is 517 g/mol. The van der Waals surface area contributed by atoms with E-state index in [1.54, 1.807) is 18.3 Å². The maximum absolute atomic E-state index is 14.8. The molecular formula is C24H23BrF2N4O2. The first-order chi connectivity index (χ1) is 15.8. The predicted octanol–water partition coefficient (Wildman–Crippen LogP) is 4.72. The Balaban J connectivity index is 1.52. The van der Waals surface area contributed by atoms with Crippen molar-refractivity contribution >= 4 is 27.7 Å². The van der Waals surface area contributed by atoms with Crippen LogP contribution in [0, 0.1) is 11.6 Å². The van der Waals surface area contributed by atoms with E-state index in [-0.39, 0.29) is 29.9 Å². The van der Waals surface area contributed by atoms with E-state index in [1.165, 1.54) is 24.3 Å². The quantitative estimate of drug-likeness (QED) is 0.455. The van der Waals surface area contributed by atoms with Gasteiger partial charge in [0.05, 0.1) is 23.6 Å². The van der Waals surface area contributed by atoms with Crippen LogP contribution in [0.3, 0.4) is 0 Å². The second-order valence-electron chi connectivity index (χ2n) is 8.20. The molecule has 1 aliphatic rings. The standard InChI is InChI=1S/C24H23BrF2N4O2/c25-16-6-13(7-17(26)10-16)11-30-24(33)19-5-4-15(9-20(19)27)22-23(28)29-12-21(31-22)14-2-1-3-18(32)8-14/h4-7,9-10,12,14,18,32H,1-3,8,11H2,(H2,28,29)(H,30,33)/t14-,18+/m1/s1. The van der Waals surface area contributed by atoms with Crippen molar-refractivity contribution < 1.29 is 18.7 Å². The first kappa shape index (κ1) is 23.3. The van der Waals surface area contributed by atoms with Crippen molar-refractivity contribution in [2.24, 2.45) is 0 Å². The lowest BCUT2D eigenvalue weighted by Crippen LogP contribution is -2.24. The van der Waals surface area contributed by atoms with Crippen molar-refractivity contribution in [3.05, 3.63) is 75.5 Å². The number of hydrogen-bond acceptors (Lipinski definition) is 5. The van der Waals surface area contributed by atoms with Gasteiger partial charge in [0.2, 0.25) is 0 Å². The topological polar surface area (TPSA) is 101 Å². The van der Waals surface area contributed by atoms with Crippen LogP contribution in [0.1, 0.15) is 53.2 Å². The number of aliphatic hydroxyl groups excluding tert-OH is 1. The molecule has 9 heteroatoms. The van der Waals surface area contributed by atoms with Gasteiger partial charge in [-0.2, -0.15) is 0 Å². The van der Waals surface area contributed by atoms with Crippen molar-refractivity contribution in [2.75, 3.05) is 5.73 Å². The molecule has 3 aromatic rings. The molecule has 1 aliphatic carbocycles. The number of carbonyl (C=O) groups is 1. The Kier molecular flexibility index (Phi) is 6.99. The van der Waals surface area contributed by atoms with Gasteiger partial charge in [-0.15, -0.1) is 0 Å². The predicted molar refractivity (Wildman–Crippen MR) is 124 cm³/mol. The van der Waals surface area contributed by atoms with Crippen molar-refractivity contribution in [3.63, 3.8) is 0 Å². The van der Waals surface area contributed by atoms with Gasteiger partial charge in [0.15, 0.2) is 0 Å². The number of aromatic nitrogens is 2. The zero-order valence-electron chi connectivity index (χ0n) is 17.7. The molecule has 1 saturated carbocycles. The van der Waals surface area contributed by atoms with Gasteiger partial charge in [-0.1, -0.05) is 28.4 Å². The zero-order valence-corrected chi connectivity index (χ0v) is 19.3. The highest BCUT2D eigenvalue weighted by Gasteiger charge is 2.24. The van der Waals surface area contributed by atoms with Crippen LogP contribution >= 0.6 is 15.9 Å². The van der Waals surface area contributed by atoms with Crippen LogP contribution in [-0.2, 0) is 6.54 Å². The third-order valence-corrected chi connectivity index (χ3v) is 6.20. The Labute approximate surface area is 198 Å². The molecule has 0 radical (unpaired) electrons. The van der Waals surface area contributed by atoms with E-state index in [2.05, 4.69) is 31.2 Å². The molecule has 0 bridgehead atoms. The molecule has 1 amide bonds. The summed E-state index contributed by atoms with van der Waals surface area (Å²) in [7, 11) is 0. The van der Waals surface area contributed by atoms with Crippen LogP contribution in [0.15, 0.2) is 47.1 Å². The summed E-state index contributed by atoms with van der Waals surface area (Å²) >= 11 is 3.20. The minimum absolute atomic E-state index is 0.0457. The molecule has 0 saturated heterocycles. The highest BCUT2D eigenvalue weighted by molar-refractivity contribution is 9.10. The maximum Gasteiger partial charge on any atom is 0.254 e. The Hall–Kier alpha value is -2.91. The smallest absolute Gasteiger partial charge is 0.254 e. The Morgan fingerprint density at radius 3 is 2.76 bits per heavy atom. The second kappa shape index (κ2) is 9.93. The summed E-state index contributed by atoms with van der Waals surface area (Å²) in [6.45, 7) is 0.0457. The van der Waals surface area contributed by atoms with Gasteiger partial charge in [0, 0.05) is 22.5 Å². The average Bonchev–Trinajstić information content (AvgIpc) is 2.77. The summed E-state index contributed by atoms with van der Waals surface area (Å²) in [5, 5.41) is 12.6. The minimum atomic E-state index is -0.731. The van der Waals surface area contributed by atoms with Crippen LogP contribution in [0.25, 0.3) is 11.3 Å².